The molecule has 0 saturated carbocycles. The molecule has 2 rings (SSSR count). The summed E-state index contributed by atoms with van der Waals surface area (Å²) in [6.45, 7) is 8.92. The van der Waals surface area contributed by atoms with Crippen LogP contribution in [0.15, 0.2) is 5.38 Å². The van der Waals surface area contributed by atoms with Crippen molar-refractivity contribution in [2.75, 3.05) is 19.7 Å². The van der Waals surface area contributed by atoms with E-state index >= 15 is 0 Å². The lowest BCUT2D eigenvalue weighted by Crippen LogP contribution is -2.53. The van der Waals surface area contributed by atoms with Gasteiger partial charge in [0.05, 0.1) is 29.0 Å². The van der Waals surface area contributed by atoms with Crippen LogP contribution >= 0.6 is 11.3 Å². The molecule has 0 amide bonds. The first-order chi connectivity index (χ1) is 9.02. The van der Waals surface area contributed by atoms with Crippen LogP contribution in [0.3, 0.4) is 0 Å². The van der Waals surface area contributed by atoms with Crippen molar-refractivity contribution >= 4 is 11.3 Å². The van der Waals surface area contributed by atoms with E-state index in [1.54, 1.807) is 11.3 Å². The molecule has 1 atom stereocenters. The second kappa shape index (κ2) is 6.31. The van der Waals surface area contributed by atoms with Crippen molar-refractivity contribution in [3.63, 3.8) is 0 Å². The summed E-state index contributed by atoms with van der Waals surface area (Å²) in [6.07, 6.45) is 2.13. The average Bonchev–Trinajstić information content (AvgIpc) is 2.75. The Bertz CT molecular complexity index is 406. The molecule has 5 heteroatoms. The summed E-state index contributed by atoms with van der Waals surface area (Å²) >= 11 is 1.75. The van der Waals surface area contributed by atoms with Gasteiger partial charge < -0.3 is 9.84 Å². The van der Waals surface area contributed by atoms with Gasteiger partial charge in [0.15, 0.2) is 0 Å². The third-order valence-electron chi connectivity index (χ3n) is 3.20. The fraction of sp³-hybridized carbons (Fsp3) is 0.786. The van der Waals surface area contributed by atoms with Crippen molar-refractivity contribution in [1.82, 2.24) is 9.88 Å². The van der Waals surface area contributed by atoms with Gasteiger partial charge in [-0.25, -0.2) is 4.98 Å². The molecule has 0 aliphatic carbocycles. The van der Waals surface area contributed by atoms with E-state index in [1.165, 1.54) is 5.01 Å². The number of hydrogen-bond donors (Lipinski definition) is 1. The molecule has 1 aromatic heterocycles. The summed E-state index contributed by atoms with van der Waals surface area (Å²) in [5.41, 5.74) is 0.941. The standard InChI is InChI=1S/C14H24N2O2S/c1-4-5-13-15-11(9-19-13)6-16-7-12(8-17)18-14(2,3)10-16/h9,12,17H,4-8,10H2,1-3H3. The molecule has 0 spiro atoms. The molecule has 1 unspecified atom stereocenters. The number of ether oxygens (including phenoxy) is 1. The summed E-state index contributed by atoms with van der Waals surface area (Å²) in [7, 11) is 0. The highest BCUT2D eigenvalue weighted by atomic mass is 32.1. The number of rotatable bonds is 5. The van der Waals surface area contributed by atoms with Gasteiger partial charge >= 0.3 is 0 Å². The zero-order valence-electron chi connectivity index (χ0n) is 12.1. The van der Waals surface area contributed by atoms with E-state index in [0.29, 0.717) is 0 Å². The maximum atomic E-state index is 9.32. The Hall–Kier alpha value is -0.490. The molecular weight excluding hydrogens is 260 g/mol. The van der Waals surface area contributed by atoms with Crippen molar-refractivity contribution in [1.29, 1.82) is 0 Å². The van der Waals surface area contributed by atoms with Gasteiger partial charge in [0.1, 0.15) is 0 Å². The molecule has 1 aliphatic heterocycles. The van der Waals surface area contributed by atoms with E-state index < -0.39 is 0 Å². The normalized spacial score (nSPS) is 23.7. The Kier molecular flexibility index (Phi) is 4.95. The number of hydrogen-bond acceptors (Lipinski definition) is 5. The summed E-state index contributed by atoms with van der Waals surface area (Å²) < 4.78 is 5.83. The van der Waals surface area contributed by atoms with E-state index in [-0.39, 0.29) is 18.3 Å². The van der Waals surface area contributed by atoms with E-state index in [4.69, 9.17) is 4.74 Å². The molecule has 1 fully saturated rings. The molecule has 1 saturated heterocycles. The first-order valence-electron chi connectivity index (χ1n) is 6.96. The van der Waals surface area contributed by atoms with Crippen LogP contribution in [0.5, 0.6) is 0 Å². The summed E-state index contributed by atoms with van der Waals surface area (Å²) in [4.78, 5) is 6.99. The third kappa shape index (κ3) is 4.24. The molecule has 0 bridgehead atoms. The van der Waals surface area contributed by atoms with Crippen molar-refractivity contribution in [2.24, 2.45) is 0 Å². The molecule has 1 N–H and O–H groups in total. The minimum atomic E-state index is -0.200. The monoisotopic (exact) mass is 284 g/mol. The quantitative estimate of drug-likeness (QED) is 0.899. The second-order valence-electron chi connectivity index (χ2n) is 5.83. The lowest BCUT2D eigenvalue weighted by Gasteiger charge is -2.42. The van der Waals surface area contributed by atoms with Crippen LogP contribution in [0.25, 0.3) is 0 Å². The van der Waals surface area contributed by atoms with Crippen LogP contribution in [0, 0.1) is 0 Å². The van der Waals surface area contributed by atoms with Gasteiger partial charge in [-0.15, -0.1) is 11.3 Å². The maximum absolute atomic E-state index is 9.32. The summed E-state index contributed by atoms with van der Waals surface area (Å²) in [6, 6.07) is 0. The van der Waals surface area contributed by atoms with E-state index in [9.17, 15) is 5.11 Å². The van der Waals surface area contributed by atoms with E-state index in [2.05, 4.69) is 36.0 Å². The predicted octanol–water partition coefficient (Wildman–Crippen LogP) is 2.07. The molecule has 19 heavy (non-hydrogen) atoms. The first-order valence-corrected chi connectivity index (χ1v) is 7.84. The fourth-order valence-electron chi connectivity index (χ4n) is 2.61. The van der Waals surface area contributed by atoms with Crippen LogP contribution in [-0.4, -0.2) is 46.4 Å². The van der Waals surface area contributed by atoms with Crippen LogP contribution in [0.2, 0.25) is 0 Å². The van der Waals surface area contributed by atoms with Gasteiger partial charge in [0.2, 0.25) is 0 Å². The summed E-state index contributed by atoms with van der Waals surface area (Å²) in [5, 5.41) is 12.7. The number of aromatic nitrogens is 1. The predicted molar refractivity (Wildman–Crippen MR) is 77.4 cm³/mol. The zero-order valence-corrected chi connectivity index (χ0v) is 12.9. The number of morpholine rings is 1. The number of thiazole rings is 1. The van der Waals surface area contributed by atoms with Crippen molar-refractivity contribution in [3.05, 3.63) is 16.1 Å². The second-order valence-corrected chi connectivity index (χ2v) is 6.78. The molecule has 108 valence electrons. The number of aliphatic hydroxyl groups excluding tert-OH is 1. The van der Waals surface area contributed by atoms with Gasteiger partial charge in [-0.3, -0.25) is 4.90 Å². The molecule has 2 heterocycles. The first kappa shape index (κ1) is 14.9. The van der Waals surface area contributed by atoms with Crippen molar-refractivity contribution < 1.29 is 9.84 Å². The summed E-state index contributed by atoms with van der Waals surface area (Å²) in [5.74, 6) is 0. The third-order valence-corrected chi connectivity index (χ3v) is 4.16. The van der Waals surface area contributed by atoms with E-state index in [0.717, 1.165) is 38.2 Å². The maximum Gasteiger partial charge on any atom is 0.0940 e. The molecule has 4 nitrogen and oxygen atoms in total. The highest BCUT2D eigenvalue weighted by Crippen LogP contribution is 2.23. The molecule has 0 aromatic carbocycles. The topological polar surface area (TPSA) is 45.6 Å². The number of aliphatic hydroxyl groups is 1. The van der Waals surface area contributed by atoms with E-state index in [1.807, 2.05) is 0 Å². The molecular formula is C14H24N2O2S. The minimum absolute atomic E-state index is 0.0814. The van der Waals surface area contributed by atoms with Crippen LogP contribution < -0.4 is 0 Å². The van der Waals surface area contributed by atoms with Crippen LogP contribution in [0.1, 0.15) is 37.9 Å². The molecule has 0 radical (unpaired) electrons. The Morgan fingerprint density at radius 2 is 2.37 bits per heavy atom. The smallest absolute Gasteiger partial charge is 0.0940 e. The Morgan fingerprint density at radius 1 is 1.58 bits per heavy atom. The number of aryl methyl sites for hydroxylation is 1. The number of nitrogens with zero attached hydrogens (tertiary/aromatic N) is 2. The molecule has 1 aliphatic rings. The van der Waals surface area contributed by atoms with Crippen molar-refractivity contribution in [2.45, 2.75) is 51.9 Å². The van der Waals surface area contributed by atoms with Gasteiger partial charge in [0.25, 0.3) is 0 Å². The lowest BCUT2D eigenvalue weighted by molar-refractivity contribution is -0.150. The van der Waals surface area contributed by atoms with Gasteiger partial charge in [-0.1, -0.05) is 6.92 Å². The highest BCUT2D eigenvalue weighted by Gasteiger charge is 2.33. The Labute approximate surface area is 119 Å². The Balaban J connectivity index is 1.96. The van der Waals surface area contributed by atoms with Crippen LogP contribution in [0.4, 0.5) is 0 Å². The van der Waals surface area contributed by atoms with Gasteiger partial charge in [0, 0.05) is 25.0 Å². The SMILES string of the molecule is CCCc1nc(CN2CC(CO)OC(C)(C)C2)cs1. The average molecular weight is 284 g/mol. The van der Waals surface area contributed by atoms with Crippen LogP contribution in [-0.2, 0) is 17.7 Å². The molecule has 1 aromatic rings. The minimum Gasteiger partial charge on any atom is -0.394 e. The largest absolute Gasteiger partial charge is 0.394 e. The van der Waals surface area contributed by atoms with Gasteiger partial charge in [-0.2, -0.15) is 0 Å². The Morgan fingerprint density at radius 3 is 3.05 bits per heavy atom. The zero-order chi connectivity index (χ0) is 13.9. The van der Waals surface area contributed by atoms with Crippen molar-refractivity contribution in [3.8, 4) is 0 Å². The highest BCUT2D eigenvalue weighted by molar-refractivity contribution is 7.09. The van der Waals surface area contributed by atoms with Gasteiger partial charge in [-0.05, 0) is 26.7 Å². The lowest BCUT2D eigenvalue weighted by atomic mass is 10.1. The fourth-order valence-corrected chi connectivity index (χ4v) is 3.50.